The van der Waals surface area contributed by atoms with Crippen molar-refractivity contribution in [3.63, 3.8) is 0 Å². The van der Waals surface area contributed by atoms with Crippen LogP contribution in [0.1, 0.15) is 89.2 Å². The fourth-order valence-electron chi connectivity index (χ4n) is 6.42. The number of hydrogen-bond acceptors (Lipinski definition) is 9. The summed E-state index contributed by atoms with van der Waals surface area (Å²) in [5.74, 6) is -4.54. The highest BCUT2D eigenvalue weighted by Gasteiger charge is 2.22. The van der Waals surface area contributed by atoms with Gasteiger partial charge in [0, 0.05) is 35.7 Å². The summed E-state index contributed by atoms with van der Waals surface area (Å²) in [4.78, 5) is 56.9. The normalized spacial score (nSPS) is 11.1. The Balaban J connectivity index is 0.000000241. The third kappa shape index (κ3) is 14.0. The molecule has 64 heavy (non-hydrogen) atoms. The van der Waals surface area contributed by atoms with Crippen LogP contribution in [0.15, 0.2) is 60.9 Å². The molecular weight excluding hydrogens is 920 g/mol. The molecule has 0 bridgehead atoms. The van der Waals surface area contributed by atoms with Crippen molar-refractivity contribution in [1.29, 1.82) is 0 Å². The van der Waals surface area contributed by atoms with Gasteiger partial charge in [-0.05, 0) is 67.0 Å². The molecule has 0 saturated carbocycles. The standard InChI is InChI=1S/C23H24ClF2N3O3S.C21H20ClF2N3O3S/c1-4-32-20(30)10-18-21(24)33-23(27-18)28-22(31)19-8-14(7-13(2)3)11-29(19)12-15-5-6-16(25)9-17(15)26;1-11(2)5-12-6-17(27(9-12)10-13-3-4-14(23)7-15(13)24)20(30)26-21-25-16(8-18(28)29)19(22)31-21/h5-6,8-9,11,13H,4,7,10,12H2,1-3H3,(H,27,28,31);3-4,6-7,9,11H,5,8,10H2,1-2H3,(H,28,29)(H,25,26,30). The molecule has 0 aliphatic rings. The van der Waals surface area contributed by atoms with Gasteiger partial charge in [-0.25, -0.2) is 27.5 Å². The lowest BCUT2D eigenvalue weighted by Crippen LogP contribution is -2.17. The third-order valence-electron chi connectivity index (χ3n) is 9.05. The van der Waals surface area contributed by atoms with Crippen molar-refractivity contribution in [3.05, 3.63) is 138 Å². The van der Waals surface area contributed by atoms with Crippen molar-refractivity contribution in [1.82, 2.24) is 19.1 Å². The molecule has 4 aromatic heterocycles. The number of rotatable bonds is 17. The molecule has 0 fully saturated rings. The number of carboxylic acids is 1. The summed E-state index contributed by atoms with van der Waals surface area (Å²) in [7, 11) is 0. The number of aliphatic carboxylic acids is 1. The zero-order valence-corrected chi connectivity index (χ0v) is 38.4. The molecule has 0 aliphatic carbocycles. The number of carboxylic acid groups (broad SMARTS) is 1. The van der Waals surface area contributed by atoms with Gasteiger partial charge in [-0.15, -0.1) is 0 Å². The summed E-state index contributed by atoms with van der Waals surface area (Å²) < 4.78 is 63.5. The molecule has 340 valence electrons. The lowest BCUT2D eigenvalue weighted by molar-refractivity contribution is -0.142. The first-order chi connectivity index (χ1) is 30.3. The smallest absolute Gasteiger partial charge is 0.311 e. The summed E-state index contributed by atoms with van der Waals surface area (Å²) in [6, 6.07) is 10.1. The van der Waals surface area contributed by atoms with Crippen LogP contribution in [0.3, 0.4) is 0 Å². The van der Waals surface area contributed by atoms with E-state index >= 15 is 0 Å². The van der Waals surface area contributed by atoms with Gasteiger partial charge in [-0.1, -0.05) is 85.7 Å². The topological polar surface area (TPSA) is 157 Å². The van der Waals surface area contributed by atoms with Gasteiger partial charge in [0.05, 0.1) is 43.9 Å². The monoisotopic (exact) mass is 962 g/mol. The Bertz CT molecular complexity index is 2640. The largest absolute Gasteiger partial charge is 0.481 e. The Labute approximate surface area is 384 Å². The van der Waals surface area contributed by atoms with Crippen LogP contribution in [0.4, 0.5) is 27.8 Å². The quantitative estimate of drug-likeness (QED) is 0.0602. The van der Waals surface area contributed by atoms with Gasteiger partial charge in [0.2, 0.25) is 0 Å². The number of aromatic nitrogens is 4. The molecule has 2 aromatic carbocycles. The van der Waals surface area contributed by atoms with Crippen molar-refractivity contribution in [2.24, 2.45) is 11.8 Å². The number of ether oxygens (including phenoxy) is 1. The van der Waals surface area contributed by atoms with E-state index < -0.39 is 47.0 Å². The van der Waals surface area contributed by atoms with Crippen molar-refractivity contribution < 1.29 is 46.6 Å². The number of carbonyl (C=O) groups is 4. The number of benzene rings is 2. The number of hydrogen-bond donors (Lipinski definition) is 3. The summed E-state index contributed by atoms with van der Waals surface area (Å²) in [6.07, 6.45) is 4.54. The lowest BCUT2D eigenvalue weighted by Gasteiger charge is -2.10. The molecule has 12 nitrogen and oxygen atoms in total. The first-order valence-corrected chi connectivity index (χ1v) is 22.2. The Morgan fingerprint density at radius 2 is 1.12 bits per heavy atom. The minimum atomic E-state index is -1.08. The number of nitrogens with one attached hydrogen (secondary N) is 2. The minimum Gasteiger partial charge on any atom is -0.481 e. The first-order valence-electron chi connectivity index (χ1n) is 19.8. The van der Waals surface area contributed by atoms with Crippen LogP contribution in [0.25, 0.3) is 0 Å². The Kier molecular flexibility index (Phi) is 17.3. The Morgan fingerprint density at radius 3 is 1.50 bits per heavy atom. The van der Waals surface area contributed by atoms with Crippen LogP contribution in [-0.4, -0.2) is 54.6 Å². The Hall–Kier alpha value is -5.56. The first kappa shape index (κ1) is 49.5. The average Bonchev–Trinajstić information content (AvgIpc) is 3.96. The number of anilines is 2. The number of thiazole rings is 2. The number of carbonyl (C=O) groups excluding carboxylic acids is 3. The summed E-state index contributed by atoms with van der Waals surface area (Å²) in [5.41, 5.74) is 3.36. The van der Waals surface area contributed by atoms with Gasteiger partial charge in [-0.3, -0.25) is 29.8 Å². The van der Waals surface area contributed by atoms with Gasteiger partial charge in [-0.2, -0.15) is 0 Å². The second-order valence-electron chi connectivity index (χ2n) is 15.3. The maximum absolute atomic E-state index is 14.2. The summed E-state index contributed by atoms with van der Waals surface area (Å²) >= 11 is 14.2. The highest BCUT2D eigenvalue weighted by Crippen LogP contribution is 2.31. The lowest BCUT2D eigenvalue weighted by atomic mass is 10.1. The van der Waals surface area contributed by atoms with Gasteiger partial charge in [0.1, 0.15) is 43.3 Å². The second kappa shape index (κ2) is 22.4. The van der Waals surface area contributed by atoms with E-state index in [2.05, 4.69) is 34.4 Å². The zero-order chi connectivity index (χ0) is 46.8. The van der Waals surface area contributed by atoms with E-state index in [-0.39, 0.29) is 74.0 Å². The van der Waals surface area contributed by atoms with Crippen molar-refractivity contribution >= 4 is 79.9 Å². The molecule has 0 spiro atoms. The van der Waals surface area contributed by atoms with Gasteiger partial charge < -0.3 is 19.0 Å². The maximum Gasteiger partial charge on any atom is 0.311 e. The van der Waals surface area contributed by atoms with Crippen LogP contribution >= 0.6 is 45.9 Å². The molecule has 0 atom stereocenters. The van der Waals surface area contributed by atoms with Gasteiger partial charge in [0.25, 0.3) is 11.8 Å². The molecule has 0 unspecified atom stereocenters. The highest BCUT2D eigenvalue weighted by atomic mass is 35.5. The molecule has 0 aliphatic heterocycles. The zero-order valence-electron chi connectivity index (χ0n) is 35.2. The van der Waals surface area contributed by atoms with E-state index in [1.165, 1.54) is 18.2 Å². The van der Waals surface area contributed by atoms with Crippen LogP contribution in [0.2, 0.25) is 8.67 Å². The van der Waals surface area contributed by atoms with E-state index in [9.17, 15) is 36.7 Å². The molecule has 0 radical (unpaired) electrons. The number of esters is 1. The summed E-state index contributed by atoms with van der Waals surface area (Å²) in [6.45, 7) is 10.2. The van der Waals surface area contributed by atoms with Crippen molar-refractivity contribution in [2.45, 2.75) is 73.4 Å². The molecule has 6 aromatic rings. The van der Waals surface area contributed by atoms with Crippen LogP contribution < -0.4 is 10.6 Å². The van der Waals surface area contributed by atoms with E-state index in [0.717, 1.165) is 58.4 Å². The number of halogens is 6. The molecule has 20 heteroatoms. The van der Waals surface area contributed by atoms with Crippen LogP contribution in [0.5, 0.6) is 0 Å². The molecular formula is C44H44Cl2F4N6O6S2. The summed E-state index contributed by atoms with van der Waals surface area (Å²) in [5, 5.41) is 14.6. The van der Waals surface area contributed by atoms with Gasteiger partial charge >= 0.3 is 11.9 Å². The van der Waals surface area contributed by atoms with E-state index in [4.69, 9.17) is 33.0 Å². The molecule has 3 N–H and O–H groups in total. The average molecular weight is 964 g/mol. The number of amides is 2. The minimum absolute atomic E-state index is 0.0376. The third-order valence-corrected chi connectivity index (χ3v) is 11.5. The number of nitrogens with zero attached hydrogens (tertiary/aromatic N) is 4. The van der Waals surface area contributed by atoms with Crippen molar-refractivity contribution in [3.8, 4) is 0 Å². The predicted molar refractivity (Wildman–Crippen MR) is 239 cm³/mol. The fraction of sp³-hybridized carbons (Fsp3) is 0.318. The predicted octanol–water partition coefficient (Wildman–Crippen LogP) is 10.5. The highest BCUT2D eigenvalue weighted by molar-refractivity contribution is 7.20. The second-order valence-corrected chi connectivity index (χ2v) is 18.5. The molecule has 2 amide bonds. The molecule has 0 saturated heterocycles. The Morgan fingerprint density at radius 1 is 0.703 bits per heavy atom. The van der Waals surface area contributed by atoms with Crippen LogP contribution in [0, 0.1) is 35.1 Å². The molecule has 6 rings (SSSR count). The van der Waals surface area contributed by atoms with E-state index in [1.54, 1.807) is 40.6 Å². The van der Waals surface area contributed by atoms with Crippen LogP contribution in [-0.2, 0) is 53.1 Å². The van der Waals surface area contributed by atoms with E-state index in [1.807, 2.05) is 13.8 Å². The van der Waals surface area contributed by atoms with Gasteiger partial charge in [0.15, 0.2) is 10.3 Å². The fourth-order valence-corrected chi connectivity index (χ4v) is 8.49. The van der Waals surface area contributed by atoms with Crippen molar-refractivity contribution in [2.75, 3.05) is 17.2 Å². The van der Waals surface area contributed by atoms with E-state index in [0.29, 0.717) is 29.6 Å². The SMILES string of the molecule is CC(C)Cc1cc(C(=O)Nc2nc(CC(=O)O)c(Cl)s2)n(Cc2ccc(F)cc2F)c1.CCOC(=O)Cc1nc(NC(=O)c2cc(CC(C)C)cn2Cc2ccc(F)cc2F)sc1Cl. The molecule has 4 heterocycles. The maximum atomic E-state index is 14.2.